The molecule has 0 radical (unpaired) electrons. The molecule has 0 spiro atoms. The van der Waals surface area contributed by atoms with Gasteiger partial charge in [0.15, 0.2) is 0 Å². The van der Waals surface area contributed by atoms with Crippen LogP contribution in [-0.4, -0.2) is 67.3 Å². The van der Waals surface area contributed by atoms with Crippen LogP contribution in [0.15, 0.2) is 53.3 Å². The van der Waals surface area contributed by atoms with Crippen molar-refractivity contribution in [3.05, 3.63) is 70.0 Å². The monoisotopic (exact) mass is 464 g/mol. The van der Waals surface area contributed by atoms with Gasteiger partial charge in [-0.2, -0.15) is 0 Å². The first kappa shape index (κ1) is 23.8. The van der Waals surface area contributed by atoms with Crippen LogP contribution < -0.4 is 15.6 Å². The molecule has 0 unspecified atom stereocenters. The number of carbonyl (C=O) groups is 1. The lowest BCUT2D eigenvalue weighted by Gasteiger charge is -2.30. The summed E-state index contributed by atoms with van der Waals surface area (Å²) in [6.07, 6.45) is 0.917. The van der Waals surface area contributed by atoms with Crippen LogP contribution in [0.25, 0.3) is 10.9 Å². The minimum Gasteiger partial charge on any atom is -0.497 e. The SMILES string of the molecule is CCc1ccc2[nH]c(=O)c(CN(CCN3CCOCC3)C(=O)Nc3ccc(OC)cc3)cc2c1. The zero-order valence-electron chi connectivity index (χ0n) is 19.8. The van der Waals surface area contributed by atoms with E-state index in [0.29, 0.717) is 37.6 Å². The summed E-state index contributed by atoms with van der Waals surface area (Å²) in [4.78, 5) is 33.0. The van der Waals surface area contributed by atoms with Crippen LogP contribution in [0.5, 0.6) is 5.75 Å². The lowest BCUT2D eigenvalue weighted by molar-refractivity contribution is 0.0349. The molecular formula is C26H32N4O4. The van der Waals surface area contributed by atoms with Crippen LogP contribution in [0.2, 0.25) is 0 Å². The van der Waals surface area contributed by atoms with E-state index in [9.17, 15) is 9.59 Å². The Morgan fingerprint density at radius 1 is 1.15 bits per heavy atom. The van der Waals surface area contributed by atoms with E-state index in [1.807, 2.05) is 18.2 Å². The third-order valence-corrected chi connectivity index (χ3v) is 6.17. The van der Waals surface area contributed by atoms with Crippen LogP contribution in [0.3, 0.4) is 0 Å². The van der Waals surface area contributed by atoms with Crippen molar-refractivity contribution in [1.29, 1.82) is 0 Å². The Hall–Kier alpha value is -3.36. The highest BCUT2D eigenvalue weighted by atomic mass is 16.5. The van der Waals surface area contributed by atoms with Crippen LogP contribution >= 0.6 is 0 Å². The smallest absolute Gasteiger partial charge is 0.322 e. The highest BCUT2D eigenvalue weighted by molar-refractivity contribution is 5.89. The normalized spacial score (nSPS) is 14.2. The van der Waals surface area contributed by atoms with Gasteiger partial charge in [-0.05, 0) is 59.8 Å². The summed E-state index contributed by atoms with van der Waals surface area (Å²) in [6, 6.07) is 14.9. The number of hydrogen-bond acceptors (Lipinski definition) is 5. The standard InChI is InChI=1S/C26H32N4O4/c1-3-19-4-9-24-20(16-19)17-21(25(31)28-24)18-30(11-10-29-12-14-34-15-13-29)26(32)27-22-5-7-23(33-2)8-6-22/h4-9,16-17H,3,10-15,18H2,1-2H3,(H,27,32)(H,28,31). The van der Waals surface area contributed by atoms with Gasteiger partial charge in [0.1, 0.15) is 5.75 Å². The van der Waals surface area contributed by atoms with E-state index in [1.54, 1.807) is 36.3 Å². The summed E-state index contributed by atoms with van der Waals surface area (Å²) in [5.74, 6) is 0.719. The molecule has 3 aromatic rings. The number of amides is 2. The molecule has 1 aliphatic rings. The second-order valence-corrected chi connectivity index (χ2v) is 8.43. The Morgan fingerprint density at radius 3 is 2.62 bits per heavy atom. The van der Waals surface area contributed by atoms with E-state index in [4.69, 9.17) is 9.47 Å². The van der Waals surface area contributed by atoms with E-state index < -0.39 is 0 Å². The third kappa shape index (κ3) is 5.95. The molecule has 2 heterocycles. The number of aryl methyl sites for hydroxylation is 1. The number of urea groups is 1. The van der Waals surface area contributed by atoms with Crippen molar-refractivity contribution in [2.45, 2.75) is 19.9 Å². The second-order valence-electron chi connectivity index (χ2n) is 8.43. The number of nitrogens with one attached hydrogen (secondary N) is 2. The Morgan fingerprint density at radius 2 is 1.91 bits per heavy atom. The van der Waals surface area contributed by atoms with E-state index in [1.165, 1.54) is 5.56 Å². The molecule has 0 atom stereocenters. The maximum absolute atomic E-state index is 13.2. The molecule has 34 heavy (non-hydrogen) atoms. The van der Waals surface area contributed by atoms with Gasteiger partial charge in [-0.15, -0.1) is 0 Å². The summed E-state index contributed by atoms with van der Waals surface area (Å²) in [5, 5.41) is 3.92. The Labute approximate surface area is 199 Å². The molecule has 180 valence electrons. The number of fused-ring (bicyclic) bond motifs is 1. The third-order valence-electron chi connectivity index (χ3n) is 6.17. The fraction of sp³-hybridized carbons (Fsp3) is 0.385. The Balaban J connectivity index is 1.55. The number of morpholine rings is 1. The van der Waals surface area contributed by atoms with Crippen molar-refractivity contribution in [1.82, 2.24) is 14.8 Å². The maximum Gasteiger partial charge on any atom is 0.322 e. The zero-order valence-corrected chi connectivity index (χ0v) is 19.8. The Bertz CT molecular complexity index is 1170. The first-order chi connectivity index (χ1) is 16.6. The predicted molar refractivity (Wildman–Crippen MR) is 134 cm³/mol. The minimum absolute atomic E-state index is 0.176. The number of aromatic nitrogens is 1. The van der Waals surface area contributed by atoms with E-state index in [0.717, 1.165) is 36.2 Å². The van der Waals surface area contributed by atoms with Crippen LogP contribution in [-0.2, 0) is 17.7 Å². The van der Waals surface area contributed by atoms with Crippen molar-refractivity contribution in [3.8, 4) is 5.75 Å². The molecule has 2 amide bonds. The molecule has 1 saturated heterocycles. The second kappa shape index (κ2) is 11.2. The fourth-order valence-electron chi connectivity index (χ4n) is 4.06. The van der Waals surface area contributed by atoms with Gasteiger partial charge in [0.05, 0.1) is 26.9 Å². The molecule has 8 heteroatoms. The number of nitrogens with zero attached hydrogens (tertiary/aromatic N) is 2. The zero-order chi connectivity index (χ0) is 23.9. The molecule has 4 rings (SSSR count). The van der Waals surface area contributed by atoms with Gasteiger partial charge in [-0.1, -0.05) is 13.0 Å². The largest absolute Gasteiger partial charge is 0.497 e. The van der Waals surface area contributed by atoms with Gasteiger partial charge in [-0.3, -0.25) is 9.69 Å². The number of benzene rings is 2. The number of carbonyl (C=O) groups excluding carboxylic acids is 1. The average molecular weight is 465 g/mol. The van der Waals surface area contributed by atoms with Crippen molar-refractivity contribution >= 4 is 22.6 Å². The predicted octanol–water partition coefficient (Wildman–Crippen LogP) is 3.47. The molecule has 1 aliphatic heterocycles. The Kier molecular flexibility index (Phi) is 7.82. The minimum atomic E-state index is -0.250. The number of rotatable bonds is 8. The lowest BCUT2D eigenvalue weighted by Crippen LogP contribution is -2.44. The molecule has 0 saturated carbocycles. The van der Waals surface area contributed by atoms with Crippen molar-refractivity contribution < 1.29 is 14.3 Å². The van der Waals surface area contributed by atoms with Crippen LogP contribution in [0.1, 0.15) is 18.1 Å². The summed E-state index contributed by atoms with van der Waals surface area (Å²) in [7, 11) is 1.60. The van der Waals surface area contributed by atoms with E-state index in [2.05, 4.69) is 28.2 Å². The van der Waals surface area contributed by atoms with Gasteiger partial charge in [-0.25, -0.2) is 4.79 Å². The number of hydrogen-bond donors (Lipinski definition) is 2. The highest BCUT2D eigenvalue weighted by Crippen LogP contribution is 2.18. The molecule has 1 aromatic heterocycles. The van der Waals surface area contributed by atoms with Crippen molar-refractivity contribution in [2.75, 3.05) is 51.8 Å². The molecule has 2 aromatic carbocycles. The number of ether oxygens (including phenoxy) is 2. The van der Waals surface area contributed by atoms with Crippen LogP contribution in [0, 0.1) is 0 Å². The van der Waals surface area contributed by atoms with Crippen molar-refractivity contribution in [3.63, 3.8) is 0 Å². The van der Waals surface area contributed by atoms with Gasteiger partial charge >= 0.3 is 6.03 Å². The van der Waals surface area contributed by atoms with Gasteiger partial charge < -0.3 is 24.7 Å². The van der Waals surface area contributed by atoms with Gasteiger partial charge in [0.2, 0.25) is 0 Å². The first-order valence-electron chi connectivity index (χ1n) is 11.7. The molecule has 0 bridgehead atoms. The van der Waals surface area contributed by atoms with Crippen LogP contribution in [0.4, 0.5) is 10.5 Å². The average Bonchev–Trinajstić information content (AvgIpc) is 2.87. The number of anilines is 1. The number of aromatic amines is 1. The van der Waals surface area contributed by atoms with E-state index in [-0.39, 0.29) is 18.1 Å². The van der Waals surface area contributed by atoms with Gasteiger partial charge in [0, 0.05) is 42.9 Å². The number of H-pyrrole nitrogens is 1. The topological polar surface area (TPSA) is 86.9 Å². The lowest BCUT2D eigenvalue weighted by atomic mass is 10.1. The van der Waals surface area contributed by atoms with Gasteiger partial charge in [0.25, 0.3) is 5.56 Å². The molecule has 1 fully saturated rings. The first-order valence-corrected chi connectivity index (χ1v) is 11.7. The molecular weight excluding hydrogens is 432 g/mol. The summed E-state index contributed by atoms with van der Waals surface area (Å²) < 4.78 is 10.6. The number of pyridine rings is 1. The molecule has 2 N–H and O–H groups in total. The van der Waals surface area contributed by atoms with Crippen molar-refractivity contribution in [2.24, 2.45) is 0 Å². The highest BCUT2D eigenvalue weighted by Gasteiger charge is 2.19. The van der Waals surface area contributed by atoms with E-state index >= 15 is 0 Å². The maximum atomic E-state index is 13.2. The number of methoxy groups -OCH3 is 1. The quantitative estimate of drug-likeness (QED) is 0.533. The molecule has 0 aliphatic carbocycles. The fourth-order valence-corrected chi connectivity index (χ4v) is 4.06. The summed E-state index contributed by atoms with van der Waals surface area (Å²) in [5.41, 5.74) is 3.06. The summed E-state index contributed by atoms with van der Waals surface area (Å²) in [6.45, 7) is 6.59. The molecule has 8 nitrogen and oxygen atoms in total. The summed E-state index contributed by atoms with van der Waals surface area (Å²) >= 11 is 0.